The number of ether oxygens (including phenoxy) is 2. The Morgan fingerprint density at radius 2 is 2.06 bits per heavy atom. The molecule has 2 aromatic heterocycles. The van der Waals surface area contributed by atoms with Crippen molar-refractivity contribution in [2.24, 2.45) is 0 Å². The fraction of sp³-hybridized carbons (Fsp3) is 0.259. The van der Waals surface area contributed by atoms with Gasteiger partial charge in [-0.2, -0.15) is 0 Å². The number of aliphatic hydroxyl groups excluding tert-OH is 1. The molecule has 1 fully saturated rings. The van der Waals surface area contributed by atoms with Crippen molar-refractivity contribution in [1.82, 2.24) is 10.3 Å². The summed E-state index contributed by atoms with van der Waals surface area (Å²) in [4.78, 5) is 21.0. The number of anilines is 3. The van der Waals surface area contributed by atoms with Gasteiger partial charge < -0.3 is 19.9 Å². The molecule has 3 N–H and O–H groups in total. The number of aryl methyl sites for hydroxylation is 1. The third-order valence-corrected chi connectivity index (χ3v) is 7.61. The lowest BCUT2D eigenvalue weighted by Gasteiger charge is -2.30. The summed E-state index contributed by atoms with van der Waals surface area (Å²) >= 11 is 1.38. The van der Waals surface area contributed by atoms with Gasteiger partial charge >= 0.3 is 6.03 Å². The molecule has 1 saturated heterocycles. The lowest BCUT2D eigenvalue weighted by Crippen LogP contribution is -2.39. The fourth-order valence-corrected chi connectivity index (χ4v) is 5.84. The number of thiophene rings is 1. The monoisotopic (exact) mass is 502 g/mol. The van der Waals surface area contributed by atoms with Crippen LogP contribution in [0.2, 0.25) is 0 Å². The van der Waals surface area contributed by atoms with Crippen LogP contribution in [0.25, 0.3) is 10.2 Å². The molecule has 2 atom stereocenters. The van der Waals surface area contributed by atoms with Gasteiger partial charge in [-0.3, -0.25) is 10.2 Å². The Bertz CT molecular complexity index is 1420. The van der Waals surface area contributed by atoms with Gasteiger partial charge in [0.15, 0.2) is 0 Å². The second-order valence-electron chi connectivity index (χ2n) is 8.96. The van der Waals surface area contributed by atoms with E-state index in [9.17, 15) is 9.90 Å². The van der Waals surface area contributed by atoms with E-state index >= 15 is 0 Å². The Labute approximate surface area is 212 Å². The van der Waals surface area contributed by atoms with Gasteiger partial charge in [0.1, 0.15) is 22.6 Å². The largest absolute Gasteiger partial charge is 0.457 e. The van der Waals surface area contributed by atoms with Crippen molar-refractivity contribution in [3.63, 3.8) is 0 Å². The number of aromatic nitrogens is 1. The van der Waals surface area contributed by atoms with Crippen LogP contribution in [0.1, 0.15) is 29.5 Å². The fourth-order valence-electron chi connectivity index (χ4n) is 4.78. The molecule has 2 aliphatic rings. The van der Waals surface area contributed by atoms with E-state index < -0.39 is 6.23 Å². The van der Waals surface area contributed by atoms with Crippen LogP contribution in [0.15, 0.2) is 60.8 Å². The van der Waals surface area contributed by atoms with Crippen LogP contribution in [-0.2, 0) is 4.74 Å². The Balaban J connectivity index is 1.34. The van der Waals surface area contributed by atoms with E-state index in [2.05, 4.69) is 15.6 Å². The predicted molar refractivity (Wildman–Crippen MR) is 140 cm³/mol. The summed E-state index contributed by atoms with van der Waals surface area (Å²) in [6.45, 7) is 3.26. The lowest BCUT2D eigenvalue weighted by atomic mass is 10.1. The molecule has 0 radical (unpaired) electrons. The predicted octanol–water partition coefficient (Wildman–Crippen LogP) is 5.84. The summed E-state index contributed by atoms with van der Waals surface area (Å²) in [5, 5.41) is 18.1. The van der Waals surface area contributed by atoms with Gasteiger partial charge in [-0.05, 0) is 61.7 Å². The summed E-state index contributed by atoms with van der Waals surface area (Å²) < 4.78 is 11.5. The molecular weight excluding hydrogens is 476 g/mol. The first-order valence-electron chi connectivity index (χ1n) is 12.0. The Hall–Kier alpha value is -3.50. The van der Waals surface area contributed by atoms with Crippen molar-refractivity contribution in [2.45, 2.75) is 32.0 Å². The van der Waals surface area contributed by atoms with Gasteiger partial charge in [0, 0.05) is 18.8 Å². The molecule has 184 valence electrons. The molecule has 0 spiro atoms. The number of urea groups is 1. The topological polar surface area (TPSA) is 96.0 Å². The number of aliphatic hydroxyl groups is 1. The molecule has 36 heavy (non-hydrogen) atoms. The number of carbonyl (C=O) groups excluding carboxylic acids is 1. The van der Waals surface area contributed by atoms with E-state index in [1.165, 1.54) is 11.3 Å². The molecule has 0 aliphatic carbocycles. The Morgan fingerprint density at radius 3 is 2.83 bits per heavy atom. The van der Waals surface area contributed by atoms with E-state index in [-0.39, 0.29) is 12.1 Å². The number of amides is 2. The minimum Gasteiger partial charge on any atom is -0.457 e. The summed E-state index contributed by atoms with van der Waals surface area (Å²) in [5.41, 5.74) is 2.98. The van der Waals surface area contributed by atoms with E-state index in [0.29, 0.717) is 22.9 Å². The first kappa shape index (κ1) is 22.9. The normalized spacial score (nSPS) is 18.2. The zero-order valence-corrected chi connectivity index (χ0v) is 20.5. The van der Waals surface area contributed by atoms with Crippen molar-refractivity contribution in [3.8, 4) is 11.5 Å². The van der Waals surface area contributed by atoms with Crippen molar-refractivity contribution in [3.05, 3.63) is 71.2 Å². The summed E-state index contributed by atoms with van der Waals surface area (Å²) in [5.74, 6) is 1.44. The van der Waals surface area contributed by atoms with Crippen LogP contribution >= 0.6 is 11.3 Å². The number of nitrogens with one attached hydrogen (secondary N) is 2. The molecule has 6 rings (SSSR count). The zero-order chi connectivity index (χ0) is 24.6. The molecular formula is C27H26N4O4S. The molecule has 2 amide bonds. The number of hydrogen-bond acceptors (Lipinski definition) is 7. The van der Waals surface area contributed by atoms with Crippen molar-refractivity contribution in [1.29, 1.82) is 0 Å². The van der Waals surface area contributed by atoms with Gasteiger partial charge in [-0.25, -0.2) is 9.78 Å². The third kappa shape index (κ3) is 4.20. The molecule has 0 bridgehead atoms. The lowest BCUT2D eigenvalue weighted by molar-refractivity contribution is 0.0386. The second kappa shape index (κ2) is 9.51. The summed E-state index contributed by atoms with van der Waals surface area (Å²) in [6, 6.07) is 16.9. The van der Waals surface area contributed by atoms with Gasteiger partial charge in [-0.1, -0.05) is 18.2 Å². The number of para-hydroxylation sites is 1. The highest BCUT2D eigenvalue weighted by Crippen LogP contribution is 2.48. The van der Waals surface area contributed by atoms with Gasteiger partial charge in [0.05, 0.1) is 33.9 Å². The number of benzene rings is 2. The van der Waals surface area contributed by atoms with Crippen LogP contribution in [0.5, 0.6) is 11.5 Å². The average molecular weight is 503 g/mol. The maximum atomic E-state index is 13.4. The number of carbonyl (C=O) groups is 1. The molecule has 2 aliphatic heterocycles. The molecule has 4 aromatic rings. The van der Waals surface area contributed by atoms with Gasteiger partial charge in [-0.15, -0.1) is 11.3 Å². The van der Waals surface area contributed by atoms with Gasteiger partial charge in [0.2, 0.25) is 0 Å². The van der Waals surface area contributed by atoms with Gasteiger partial charge in [0.25, 0.3) is 0 Å². The molecule has 2 aromatic carbocycles. The number of hydrogen-bond donors (Lipinski definition) is 3. The van der Waals surface area contributed by atoms with Crippen molar-refractivity contribution < 1.29 is 19.4 Å². The van der Waals surface area contributed by atoms with E-state index in [4.69, 9.17) is 9.47 Å². The average Bonchev–Trinajstić information content (AvgIpc) is 3.26. The second-order valence-corrected chi connectivity index (χ2v) is 9.99. The SMILES string of the molecule is Cc1cc(Oc2ccccc2)ccc1N1C(=O)Nc2c(C(O)N[C@H]3CCCOC3)sc3nccc1c23. The first-order valence-corrected chi connectivity index (χ1v) is 12.8. The van der Waals surface area contributed by atoms with Crippen LogP contribution < -0.4 is 20.3 Å². The Kier molecular flexibility index (Phi) is 6.06. The van der Waals surface area contributed by atoms with Crippen molar-refractivity contribution in [2.75, 3.05) is 23.4 Å². The summed E-state index contributed by atoms with van der Waals surface area (Å²) in [6.07, 6.45) is 2.66. The molecule has 4 heterocycles. The highest BCUT2D eigenvalue weighted by molar-refractivity contribution is 7.19. The molecule has 0 saturated carbocycles. The number of nitrogens with zero attached hydrogens (tertiary/aromatic N) is 2. The minimum absolute atomic E-state index is 0.0636. The number of pyridine rings is 1. The highest BCUT2D eigenvalue weighted by atomic mass is 32.1. The smallest absolute Gasteiger partial charge is 0.331 e. The molecule has 9 heteroatoms. The minimum atomic E-state index is -0.929. The Morgan fingerprint density at radius 1 is 1.19 bits per heavy atom. The van der Waals surface area contributed by atoms with Crippen LogP contribution in [0.3, 0.4) is 0 Å². The zero-order valence-electron chi connectivity index (χ0n) is 19.7. The van der Waals surface area contributed by atoms with Crippen LogP contribution in [0.4, 0.5) is 21.9 Å². The third-order valence-electron chi connectivity index (χ3n) is 6.46. The van der Waals surface area contributed by atoms with Crippen molar-refractivity contribution >= 4 is 44.6 Å². The summed E-state index contributed by atoms with van der Waals surface area (Å²) in [7, 11) is 0. The highest BCUT2D eigenvalue weighted by Gasteiger charge is 2.33. The standard InChI is InChI=1S/C27H26N4O4S/c1-16-14-19(35-18-7-3-2-4-8-18)9-10-20(16)31-21-11-12-28-26-22(21)23(30-27(31)33)24(36-26)25(32)29-17-6-5-13-34-15-17/h2-4,7-12,14,17,25,29,32H,5-6,13,15H2,1H3,(H,30,33)/t17-,25?/m0/s1. The van der Waals surface area contributed by atoms with E-state index in [0.717, 1.165) is 52.4 Å². The van der Waals surface area contributed by atoms with Crippen LogP contribution in [-0.4, -0.2) is 35.4 Å². The van der Waals surface area contributed by atoms with Crippen LogP contribution in [0, 0.1) is 6.92 Å². The quantitative estimate of drug-likeness (QED) is 0.287. The number of rotatable bonds is 6. The molecule has 8 nitrogen and oxygen atoms in total. The maximum Gasteiger partial charge on any atom is 0.331 e. The van der Waals surface area contributed by atoms with E-state index in [1.54, 1.807) is 11.1 Å². The molecule has 1 unspecified atom stereocenters. The first-order chi connectivity index (χ1) is 17.6. The maximum absolute atomic E-state index is 13.4. The van der Waals surface area contributed by atoms with E-state index in [1.807, 2.05) is 61.5 Å².